The molecule has 1 amide bonds. The minimum absolute atomic E-state index is 0.271. The quantitative estimate of drug-likeness (QED) is 0.632. The van der Waals surface area contributed by atoms with E-state index in [1.54, 1.807) is 17.5 Å². The van der Waals surface area contributed by atoms with Gasteiger partial charge in [0.2, 0.25) is 0 Å². The number of para-hydroxylation sites is 1. The van der Waals surface area contributed by atoms with Gasteiger partial charge in [0.15, 0.2) is 4.80 Å². The van der Waals surface area contributed by atoms with Crippen molar-refractivity contribution in [2.75, 3.05) is 6.54 Å². The Morgan fingerprint density at radius 1 is 1.29 bits per heavy atom. The van der Waals surface area contributed by atoms with Crippen LogP contribution in [0.2, 0.25) is 0 Å². The molecule has 0 bridgehead atoms. The average molecular weight is 436 g/mol. The van der Waals surface area contributed by atoms with E-state index >= 15 is 0 Å². The van der Waals surface area contributed by atoms with Crippen LogP contribution in [0, 0.1) is 0 Å². The maximum atomic E-state index is 12.9. The molecule has 0 radical (unpaired) electrons. The summed E-state index contributed by atoms with van der Waals surface area (Å²) in [6.45, 7) is 2.45. The smallest absolute Gasteiger partial charge is 0.266 e. The highest BCUT2D eigenvalue weighted by Crippen LogP contribution is 2.29. The fourth-order valence-corrected chi connectivity index (χ4v) is 7.49. The van der Waals surface area contributed by atoms with E-state index in [-0.39, 0.29) is 4.21 Å². The molecule has 1 saturated heterocycles. The van der Waals surface area contributed by atoms with Gasteiger partial charge in [0, 0.05) is 13.6 Å². The van der Waals surface area contributed by atoms with Crippen LogP contribution in [-0.2, 0) is 28.3 Å². The Morgan fingerprint density at radius 2 is 2.11 bits per heavy atom. The Hall–Kier alpha value is -1.81. The fourth-order valence-electron chi connectivity index (χ4n) is 3.65. The molecule has 3 heterocycles. The molecule has 1 aliphatic rings. The molecule has 0 aliphatic carbocycles. The van der Waals surface area contributed by atoms with Crippen molar-refractivity contribution in [1.82, 2.24) is 8.87 Å². The van der Waals surface area contributed by atoms with Gasteiger partial charge in [-0.1, -0.05) is 36.5 Å². The second kappa shape index (κ2) is 7.55. The van der Waals surface area contributed by atoms with Crippen molar-refractivity contribution < 1.29 is 13.2 Å². The lowest BCUT2D eigenvalue weighted by atomic mass is 10.1. The summed E-state index contributed by atoms with van der Waals surface area (Å²) in [6.07, 6.45) is 2.06. The summed E-state index contributed by atoms with van der Waals surface area (Å²) in [4.78, 5) is 17.9. The standard InChI is InChI=1S/C19H21N3O3S3/c1-3-13-7-4-9-15-17(13)21(2)19(27-15)20-18(23)14-8-5-11-22(14)28(24,25)16-10-6-12-26-16/h4,6-7,9-10,12,14H,3,5,8,11H2,1-2H3. The summed E-state index contributed by atoms with van der Waals surface area (Å²) in [6, 6.07) is 8.66. The number of amides is 1. The number of fused-ring (bicyclic) bond motifs is 1. The molecule has 1 aromatic carbocycles. The van der Waals surface area contributed by atoms with Crippen LogP contribution < -0.4 is 4.80 Å². The van der Waals surface area contributed by atoms with Gasteiger partial charge in [0.25, 0.3) is 15.9 Å². The summed E-state index contributed by atoms with van der Waals surface area (Å²) in [5.41, 5.74) is 2.28. The van der Waals surface area contributed by atoms with Gasteiger partial charge in [-0.2, -0.15) is 9.30 Å². The lowest BCUT2D eigenvalue weighted by Crippen LogP contribution is -2.40. The predicted molar refractivity (Wildman–Crippen MR) is 112 cm³/mol. The summed E-state index contributed by atoms with van der Waals surface area (Å²) >= 11 is 2.63. The molecular formula is C19H21N3O3S3. The molecule has 1 aliphatic heterocycles. The van der Waals surface area contributed by atoms with Gasteiger partial charge in [0.1, 0.15) is 10.3 Å². The van der Waals surface area contributed by atoms with E-state index < -0.39 is 22.0 Å². The molecule has 1 unspecified atom stereocenters. The molecule has 148 valence electrons. The molecule has 1 atom stereocenters. The Bertz CT molecular complexity index is 1190. The number of carbonyl (C=O) groups excluding carboxylic acids is 1. The van der Waals surface area contributed by atoms with Gasteiger partial charge in [-0.25, -0.2) is 8.42 Å². The van der Waals surface area contributed by atoms with Crippen molar-refractivity contribution >= 4 is 48.8 Å². The van der Waals surface area contributed by atoms with Crippen LogP contribution in [0.3, 0.4) is 0 Å². The highest BCUT2D eigenvalue weighted by molar-refractivity contribution is 7.91. The molecule has 1 fully saturated rings. The van der Waals surface area contributed by atoms with E-state index in [2.05, 4.69) is 18.0 Å². The van der Waals surface area contributed by atoms with Crippen LogP contribution in [0.4, 0.5) is 0 Å². The zero-order valence-corrected chi connectivity index (χ0v) is 18.1. The zero-order valence-electron chi connectivity index (χ0n) is 15.7. The first-order valence-corrected chi connectivity index (χ1v) is 12.3. The molecular weight excluding hydrogens is 414 g/mol. The van der Waals surface area contributed by atoms with Crippen LogP contribution in [-0.4, -0.2) is 35.8 Å². The minimum atomic E-state index is -3.66. The van der Waals surface area contributed by atoms with E-state index in [0.717, 1.165) is 16.6 Å². The number of hydrogen-bond acceptors (Lipinski definition) is 5. The average Bonchev–Trinajstić information content (AvgIpc) is 3.42. The number of rotatable bonds is 4. The molecule has 28 heavy (non-hydrogen) atoms. The number of thiazole rings is 1. The third-order valence-corrected chi connectivity index (χ3v) is 9.42. The van der Waals surface area contributed by atoms with E-state index in [9.17, 15) is 13.2 Å². The van der Waals surface area contributed by atoms with Crippen LogP contribution in [0.15, 0.2) is 44.9 Å². The normalized spacial score (nSPS) is 18.9. The van der Waals surface area contributed by atoms with Gasteiger partial charge in [0.05, 0.1) is 10.2 Å². The number of benzene rings is 1. The minimum Gasteiger partial charge on any atom is -0.319 e. The molecule has 6 nitrogen and oxygen atoms in total. The fraction of sp³-hybridized carbons (Fsp3) is 0.368. The molecule has 3 aromatic rings. The first-order chi connectivity index (χ1) is 13.4. The van der Waals surface area contributed by atoms with Gasteiger partial charge in [-0.3, -0.25) is 4.79 Å². The predicted octanol–water partition coefficient (Wildman–Crippen LogP) is 3.14. The summed E-state index contributed by atoms with van der Waals surface area (Å²) < 4.78 is 30.4. The maximum absolute atomic E-state index is 12.9. The van der Waals surface area contributed by atoms with Crippen molar-refractivity contribution in [2.45, 2.75) is 36.4 Å². The molecule has 0 spiro atoms. The second-order valence-electron chi connectivity index (χ2n) is 6.72. The van der Waals surface area contributed by atoms with Gasteiger partial charge in [-0.15, -0.1) is 11.3 Å². The van der Waals surface area contributed by atoms with Crippen molar-refractivity contribution in [2.24, 2.45) is 12.0 Å². The summed E-state index contributed by atoms with van der Waals surface area (Å²) in [7, 11) is -1.76. The van der Waals surface area contributed by atoms with Crippen molar-refractivity contribution in [3.05, 3.63) is 46.1 Å². The molecule has 2 aromatic heterocycles. The van der Waals surface area contributed by atoms with E-state index in [0.29, 0.717) is 24.2 Å². The van der Waals surface area contributed by atoms with Crippen molar-refractivity contribution in [1.29, 1.82) is 0 Å². The summed E-state index contributed by atoms with van der Waals surface area (Å²) in [5, 5.41) is 1.73. The Morgan fingerprint density at radius 3 is 2.82 bits per heavy atom. The zero-order chi connectivity index (χ0) is 19.9. The Balaban J connectivity index is 1.72. The Kier molecular flexibility index (Phi) is 5.26. The third kappa shape index (κ3) is 3.26. The first-order valence-electron chi connectivity index (χ1n) is 9.15. The molecule has 0 N–H and O–H groups in total. The molecule has 4 rings (SSSR count). The molecule has 9 heteroatoms. The monoisotopic (exact) mass is 435 g/mol. The van der Waals surface area contributed by atoms with Crippen molar-refractivity contribution in [3.8, 4) is 0 Å². The van der Waals surface area contributed by atoms with E-state index in [1.165, 1.54) is 32.5 Å². The highest BCUT2D eigenvalue weighted by Gasteiger charge is 2.39. The number of sulfonamides is 1. The largest absolute Gasteiger partial charge is 0.319 e. The number of nitrogens with zero attached hydrogens (tertiary/aromatic N) is 3. The van der Waals surface area contributed by atoms with Crippen LogP contribution in [0.25, 0.3) is 10.2 Å². The number of aryl methyl sites for hydroxylation is 2. The lowest BCUT2D eigenvalue weighted by Gasteiger charge is -2.20. The number of thiophene rings is 1. The van der Waals surface area contributed by atoms with Gasteiger partial charge in [-0.05, 0) is 42.3 Å². The first kappa shape index (κ1) is 19.5. The number of aromatic nitrogens is 1. The third-order valence-electron chi connectivity index (χ3n) is 5.04. The van der Waals surface area contributed by atoms with Crippen LogP contribution >= 0.6 is 22.7 Å². The SMILES string of the molecule is CCc1cccc2sc(=NC(=O)C3CCCN3S(=O)(=O)c3cccs3)n(C)c12. The maximum Gasteiger partial charge on any atom is 0.266 e. The lowest BCUT2D eigenvalue weighted by molar-refractivity contribution is -0.121. The second-order valence-corrected chi connectivity index (χ2v) is 10.8. The topological polar surface area (TPSA) is 71.7 Å². The number of carbonyl (C=O) groups is 1. The van der Waals surface area contributed by atoms with Crippen LogP contribution in [0.1, 0.15) is 25.3 Å². The van der Waals surface area contributed by atoms with Gasteiger partial charge < -0.3 is 4.57 Å². The van der Waals surface area contributed by atoms with Gasteiger partial charge >= 0.3 is 0 Å². The number of hydrogen-bond donors (Lipinski definition) is 0. The van der Waals surface area contributed by atoms with Crippen molar-refractivity contribution in [3.63, 3.8) is 0 Å². The van der Waals surface area contributed by atoms with E-state index in [1.807, 2.05) is 23.7 Å². The highest BCUT2D eigenvalue weighted by atomic mass is 32.2. The molecule has 0 saturated carbocycles. The Labute approximate surface area is 171 Å². The summed E-state index contributed by atoms with van der Waals surface area (Å²) in [5.74, 6) is -0.391. The van der Waals surface area contributed by atoms with Crippen LogP contribution in [0.5, 0.6) is 0 Å². The van der Waals surface area contributed by atoms with E-state index in [4.69, 9.17) is 0 Å².